The molecule has 1 rings (SSSR count). The molecule has 1 fully saturated rings. The fourth-order valence-electron chi connectivity index (χ4n) is 0.760. The summed E-state index contributed by atoms with van der Waals surface area (Å²) in [5, 5.41) is 0. The maximum atomic E-state index is 11.8. The van der Waals surface area contributed by atoms with Crippen molar-refractivity contribution in [3.05, 3.63) is 0 Å². The minimum atomic E-state index is -4.20. The molecule has 0 aromatic heterocycles. The topological polar surface area (TPSA) is 27.7 Å². The molecule has 80 valence electrons. The molecule has 1 saturated heterocycles. The zero-order valence-corrected chi connectivity index (χ0v) is 9.00. The Morgan fingerprint density at radius 1 is 1.31 bits per heavy atom. The number of alkyl halides is 2. The second-order valence-electron chi connectivity index (χ2n) is 2.41. The van der Waals surface area contributed by atoms with Crippen LogP contribution < -0.4 is 0 Å². The Hall–Kier alpha value is 0.750. The first kappa shape index (κ1) is 11.8. The average Bonchev–Trinajstić information content (AvgIpc) is 2.02. The molecule has 0 saturated carbocycles. The molecule has 0 aromatic carbocycles. The summed E-state index contributed by atoms with van der Waals surface area (Å²) < 4.78 is 38.0. The Kier molecular flexibility index (Phi) is 3.72. The van der Waals surface area contributed by atoms with Crippen LogP contribution in [0.3, 0.4) is 0 Å². The van der Waals surface area contributed by atoms with E-state index in [0.717, 1.165) is 0 Å². The van der Waals surface area contributed by atoms with Gasteiger partial charge in [0.05, 0.1) is 0 Å². The predicted octanol–water partition coefficient (Wildman–Crippen LogP) is 3.31. The van der Waals surface area contributed by atoms with Crippen LogP contribution in [0.15, 0.2) is 0 Å². The van der Waals surface area contributed by atoms with E-state index in [1.54, 1.807) is 0 Å². The van der Waals surface area contributed by atoms with E-state index >= 15 is 0 Å². The summed E-state index contributed by atoms with van der Waals surface area (Å²) in [5.41, 5.74) is 0. The van der Waals surface area contributed by atoms with Crippen molar-refractivity contribution in [1.29, 1.82) is 0 Å². The Balaban J connectivity index is 2.49. The van der Waals surface area contributed by atoms with E-state index in [2.05, 4.69) is 4.52 Å². The molecule has 0 unspecified atom stereocenters. The van der Waals surface area contributed by atoms with Crippen LogP contribution in [-0.4, -0.2) is 26.2 Å². The predicted molar refractivity (Wildman–Crippen MR) is 47.1 cm³/mol. The SMILES string of the molecule is FC(F)COP1(Cl)(Cl)OCCCO1. The number of rotatable bonds is 3. The standard InChI is InChI=1S/C5H9Cl2F2O3P/c6-13(7,12-4-5(8)9)10-2-1-3-11-13/h5H,1-4H2. The number of hydrogen-bond donors (Lipinski definition) is 0. The van der Waals surface area contributed by atoms with Gasteiger partial charge < -0.3 is 0 Å². The minimum absolute atomic E-state index is 0.258. The van der Waals surface area contributed by atoms with Crippen LogP contribution >= 0.6 is 28.5 Å². The zero-order valence-electron chi connectivity index (χ0n) is 6.59. The molecule has 1 heterocycles. The molecular weight excluding hydrogens is 248 g/mol. The molecule has 3 nitrogen and oxygen atoms in total. The summed E-state index contributed by atoms with van der Waals surface area (Å²) >= 11 is 11.3. The fraction of sp³-hybridized carbons (Fsp3) is 1.00. The van der Waals surface area contributed by atoms with Gasteiger partial charge >= 0.3 is 83.5 Å². The van der Waals surface area contributed by atoms with Crippen molar-refractivity contribution >= 4 is 28.5 Å². The van der Waals surface area contributed by atoms with Gasteiger partial charge in [-0.2, -0.15) is 0 Å². The summed E-state index contributed by atoms with van der Waals surface area (Å²) in [7, 11) is 0. The van der Waals surface area contributed by atoms with Crippen molar-refractivity contribution in [1.82, 2.24) is 0 Å². The molecule has 8 heteroatoms. The molecule has 0 atom stereocenters. The Morgan fingerprint density at radius 2 is 1.85 bits per heavy atom. The summed E-state index contributed by atoms with van der Waals surface area (Å²) in [6, 6.07) is 0. The van der Waals surface area contributed by atoms with Gasteiger partial charge in [0.2, 0.25) is 0 Å². The van der Waals surface area contributed by atoms with Crippen LogP contribution in [-0.2, 0) is 13.6 Å². The third-order valence-corrected chi connectivity index (χ3v) is 4.77. The van der Waals surface area contributed by atoms with Gasteiger partial charge in [-0.05, 0) is 0 Å². The summed E-state index contributed by atoms with van der Waals surface area (Å²) in [5.74, 6) is -4.20. The van der Waals surface area contributed by atoms with E-state index < -0.39 is 19.0 Å². The molecule has 1 aliphatic rings. The molecule has 1 aliphatic heterocycles. The maximum absolute atomic E-state index is 11.8. The van der Waals surface area contributed by atoms with E-state index in [1.807, 2.05) is 0 Å². The van der Waals surface area contributed by atoms with Crippen LogP contribution in [0.1, 0.15) is 6.42 Å². The Labute approximate surface area is 84.0 Å². The molecular formula is C5H9Cl2F2O3P. The molecule has 0 bridgehead atoms. The van der Waals surface area contributed by atoms with Gasteiger partial charge in [-0.15, -0.1) is 0 Å². The Morgan fingerprint density at radius 3 is 2.31 bits per heavy atom. The first-order valence-electron chi connectivity index (χ1n) is 3.60. The molecule has 0 amide bonds. The van der Waals surface area contributed by atoms with Crippen molar-refractivity contribution < 1.29 is 22.4 Å². The second-order valence-corrected chi connectivity index (χ2v) is 8.60. The summed E-state index contributed by atoms with van der Waals surface area (Å²) in [4.78, 5) is 0. The second kappa shape index (κ2) is 4.09. The van der Waals surface area contributed by atoms with E-state index in [1.165, 1.54) is 0 Å². The normalized spacial score (nSPS) is 29.5. The number of halogens is 4. The van der Waals surface area contributed by atoms with Crippen molar-refractivity contribution in [2.45, 2.75) is 12.8 Å². The fourth-order valence-corrected chi connectivity index (χ4v) is 3.33. The molecule has 0 radical (unpaired) electrons. The molecule has 0 N–H and O–H groups in total. The van der Waals surface area contributed by atoms with Crippen LogP contribution in [0.25, 0.3) is 0 Å². The first-order valence-corrected chi connectivity index (χ1v) is 7.40. The number of hydrogen-bond acceptors (Lipinski definition) is 3. The van der Waals surface area contributed by atoms with E-state index in [0.29, 0.717) is 6.42 Å². The van der Waals surface area contributed by atoms with Gasteiger partial charge in [0.15, 0.2) is 0 Å². The molecule has 0 aromatic rings. The average molecular weight is 257 g/mol. The van der Waals surface area contributed by atoms with E-state index in [4.69, 9.17) is 31.5 Å². The monoisotopic (exact) mass is 256 g/mol. The third kappa shape index (κ3) is 3.78. The summed E-state index contributed by atoms with van der Waals surface area (Å²) in [6.07, 6.45) is -2.03. The van der Waals surface area contributed by atoms with Crippen LogP contribution in [0.4, 0.5) is 8.78 Å². The van der Waals surface area contributed by atoms with Gasteiger partial charge in [0, 0.05) is 0 Å². The molecule has 0 aliphatic carbocycles. The zero-order chi connectivity index (χ0) is 9.97. The van der Waals surface area contributed by atoms with Crippen LogP contribution in [0, 0.1) is 0 Å². The van der Waals surface area contributed by atoms with Gasteiger partial charge in [0.25, 0.3) is 0 Å². The quantitative estimate of drug-likeness (QED) is 0.726. The van der Waals surface area contributed by atoms with Crippen molar-refractivity contribution in [2.24, 2.45) is 0 Å². The summed E-state index contributed by atoms with van der Waals surface area (Å²) in [6.45, 7) is -0.368. The van der Waals surface area contributed by atoms with Crippen molar-refractivity contribution in [3.63, 3.8) is 0 Å². The van der Waals surface area contributed by atoms with Crippen molar-refractivity contribution in [2.75, 3.05) is 19.8 Å². The van der Waals surface area contributed by atoms with Crippen LogP contribution in [0.5, 0.6) is 0 Å². The Bertz CT molecular complexity index is 183. The van der Waals surface area contributed by atoms with Gasteiger partial charge in [-0.25, -0.2) is 0 Å². The van der Waals surface area contributed by atoms with Gasteiger partial charge in [-0.3, -0.25) is 0 Å². The van der Waals surface area contributed by atoms with E-state index in [9.17, 15) is 8.78 Å². The molecule has 0 spiro atoms. The van der Waals surface area contributed by atoms with Gasteiger partial charge in [0.1, 0.15) is 0 Å². The van der Waals surface area contributed by atoms with Gasteiger partial charge in [-0.1, -0.05) is 0 Å². The van der Waals surface area contributed by atoms with Crippen LogP contribution in [0.2, 0.25) is 0 Å². The van der Waals surface area contributed by atoms with Crippen molar-refractivity contribution in [3.8, 4) is 0 Å². The third-order valence-electron chi connectivity index (χ3n) is 1.28. The molecule has 13 heavy (non-hydrogen) atoms. The first-order chi connectivity index (χ1) is 5.91. The van der Waals surface area contributed by atoms with E-state index in [-0.39, 0.29) is 13.2 Å².